The number of rotatable bonds is 3. The molecule has 0 aromatic carbocycles. The van der Waals surface area contributed by atoms with E-state index in [0.29, 0.717) is 0 Å². The van der Waals surface area contributed by atoms with E-state index in [1.807, 2.05) is 20.8 Å². The molecule has 0 unspecified atom stereocenters. The molecule has 0 aliphatic carbocycles. The van der Waals surface area contributed by atoms with Gasteiger partial charge in [0.25, 0.3) is 0 Å². The van der Waals surface area contributed by atoms with Crippen LogP contribution in [0.4, 0.5) is 4.79 Å². The first-order valence-electron chi connectivity index (χ1n) is 4.88. The van der Waals surface area contributed by atoms with E-state index in [4.69, 9.17) is 9.84 Å². The maximum Gasteiger partial charge on any atom is 0.407 e. The molecule has 0 aromatic rings. The fraction of sp³-hybridized carbons (Fsp3) is 0.900. The second kappa shape index (κ2) is 4.81. The van der Waals surface area contributed by atoms with E-state index in [0.717, 1.165) is 0 Å². The zero-order chi connectivity index (χ0) is 12.3. The van der Waals surface area contributed by atoms with E-state index in [2.05, 4.69) is 5.32 Å². The number of aliphatic hydroxyl groups excluding tert-OH is 1. The Labute approximate surface area is 90.4 Å². The summed E-state index contributed by atoms with van der Waals surface area (Å²) in [5.41, 5.74) is -1.67. The van der Waals surface area contributed by atoms with Crippen LogP contribution in [-0.4, -0.2) is 40.2 Å². The number of aliphatic hydroxyl groups is 2. The first kappa shape index (κ1) is 14.2. The summed E-state index contributed by atoms with van der Waals surface area (Å²) in [6.45, 7) is 7.96. The van der Waals surface area contributed by atoms with Gasteiger partial charge in [-0.15, -0.1) is 0 Å². The largest absolute Gasteiger partial charge is 0.441 e. The monoisotopic (exact) mass is 219 g/mol. The van der Waals surface area contributed by atoms with E-state index in [9.17, 15) is 9.90 Å². The van der Waals surface area contributed by atoms with Crippen molar-refractivity contribution < 1.29 is 19.7 Å². The lowest BCUT2D eigenvalue weighted by molar-refractivity contribution is -0.0775. The predicted molar refractivity (Wildman–Crippen MR) is 56.5 cm³/mol. The van der Waals surface area contributed by atoms with E-state index in [1.54, 1.807) is 0 Å². The average Bonchev–Trinajstić information content (AvgIpc) is 1.94. The van der Waals surface area contributed by atoms with Crippen molar-refractivity contribution in [1.29, 1.82) is 0 Å². The Balaban J connectivity index is 4.27. The minimum atomic E-state index is -1.26. The van der Waals surface area contributed by atoms with Crippen molar-refractivity contribution in [3.05, 3.63) is 0 Å². The maximum atomic E-state index is 11.3. The second-order valence-electron chi connectivity index (χ2n) is 5.11. The summed E-state index contributed by atoms with van der Waals surface area (Å²) in [6, 6.07) is 0. The number of amides is 1. The molecule has 0 rings (SSSR count). The Morgan fingerprint density at radius 2 is 1.80 bits per heavy atom. The molecule has 0 aromatic heterocycles. The molecular formula is C10H21NO4. The fourth-order valence-corrected chi connectivity index (χ4v) is 0.870. The molecule has 90 valence electrons. The lowest BCUT2D eigenvalue weighted by Gasteiger charge is -2.29. The smallest absolute Gasteiger partial charge is 0.407 e. The number of hydrogen-bond acceptors (Lipinski definition) is 4. The highest BCUT2D eigenvalue weighted by molar-refractivity contribution is 5.68. The van der Waals surface area contributed by atoms with Gasteiger partial charge < -0.3 is 20.3 Å². The number of nitrogens with one attached hydrogen (secondary N) is 1. The predicted octanol–water partition coefficient (Wildman–Crippen LogP) is 0.643. The van der Waals surface area contributed by atoms with Crippen molar-refractivity contribution in [2.75, 3.05) is 6.61 Å². The van der Waals surface area contributed by atoms with Crippen molar-refractivity contribution in [2.24, 2.45) is 0 Å². The molecule has 0 heterocycles. The van der Waals surface area contributed by atoms with Crippen LogP contribution in [0.25, 0.3) is 0 Å². The standard InChI is InChI=1S/C10H21NO4/c1-9(2,3)11-8(13)15-7(6-12)10(4,5)14/h7,12,14H,6H2,1-5H3,(H,11,13)/t7-/m1/s1. The van der Waals surface area contributed by atoms with Crippen molar-refractivity contribution in [3.8, 4) is 0 Å². The molecule has 0 fully saturated rings. The third kappa shape index (κ3) is 6.30. The maximum absolute atomic E-state index is 11.3. The van der Waals surface area contributed by atoms with Crippen LogP contribution in [0.15, 0.2) is 0 Å². The van der Waals surface area contributed by atoms with Gasteiger partial charge in [0.1, 0.15) is 0 Å². The highest BCUT2D eigenvalue weighted by Gasteiger charge is 2.30. The van der Waals surface area contributed by atoms with Crippen LogP contribution in [0.1, 0.15) is 34.6 Å². The van der Waals surface area contributed by atoms with Gasteiger partial charge in [0, 0.05) is 5.54 Å². The molecule has 0 bridgehead atoms. The van der Waals surface area contributed by atoms with Crippen molar-refractivity contribution in [1.82, 2.24) is 5.32 Å². The fourth-order valence-electron chi connectivity index (χ4n) is 0.870. The van der Waals surface area contributed by atoms with Crippen LogP contribution in [-0.2, 0) is 4.74 Å². The molecule has 0 saturated heterocycles. The minimum Gasteiger partial charge on any atom is -0.441 e. The van der Waals surface area contributed by atoms with E-state index in [-0.39, 0.29) is 0 Å². The Kier molecular flexibility index (Phi) is 4.55. The topological polar surface area (TPSA) is 78.8 Å². The molecule has 1 atom stereocenters. The molecule has 15 heavy (non-hydrogen) atoms. The van der Waals surface area contributed by atoms with Crippen molar-refractivity contribution in [3.63, 3.8) is 0 Å². The zero-order valence-corrected chi connectivity index (χ0v) is 10.00. The molecule has 5 nitrogen and oxygen atoms in total. The third-order valence-corrected chi connectivity index (χ3v) is 1.68. The number of ether oxygens (including phenoxy) is 1. The summed E-state index contributed by atoms with van der Waals surface area (Å²) in [5, 5.41) is 21.1. The second-order valence-corrected chi connectivity index (χ2v) is 5.11. The molecule has 0 aliphatic rings. The van der Waals surface area contributed by atoms with Gasteiger partial charge in [0.05, 0.1) is 12.2 Å². The normalized spacial score (nSPS) is 14.6. The Morgan fingerprint density at radius 1 is 1.33 bits per heavy atom. The van der Waals surface area contributed by atoms with Crippen molar-refractivity contribution in [2.45, 2.75) is 51.9 Å². The Bertz CT molecular complexity index is 214. The van der Waals surface area contributed by atoms with Gasteiger partial charge in [-0.3, -0.25) is 0 Å². The molecule has 0 spiro atoms. The molecule has 0 saturated carbocycles. The highest BCUT2D eigenvalue weighted by Crippen LogP contribution is 2.12. The van der Waals surface area contributed by atoms with Crippen molar-refractivity contribution >= 4 is 6.09 Å². The summed E-state index contributed by atoms with van der Waals surface area (Å²) in [4.78, 5) is 11.3. The summed E-state index contributed by atoms with van der Waals surface area (Å²) < 4.78 is 4.89. The quantitative estimate of drug-likeness (QED) is 0.651. The summed E-state index contributed by atoms with van der Waals surface area (Å²) in [5.74, 6) is 0. The molecule has 0 radical (unpaired) electrons. The Hall–Kier alpha value is -0.810. The van der Waals surface area contributed by atoms with Gasteiger partial charge in [0.2, 0.25) is 0 Å². The molecule has 3 N–H and O–H groups in total. The molecular weight excluding hydrogens is 198 g/mol. The molecule has 1 amide bonds. The van der Waals surface area contributed by atoms with Gasteiger partial charge in [-0.1, -0.05) is 0 Å². The summed E-state index contributed by atoms with van der Waals surface area (Å²) in [6.07, 6.45) is -1.58. The molecule has 0 aliphatic heterocycles. The van der Waals surface area contributed by atoms with Gasteiger partial charge in [-0.05, 0) is 34.6 Å². The highest BCUT2D eigenvalue weighted by atomic mass is 16.6. The van der Waals surface area contributed by atoms with Gasteiger partial charge in [-0.25, -0.2) is 4.79 Å². The number of alkyl carbamates (subject to hydrolysis) is 1. The SMILES string of the molecule is CC(C)(C)NC(=O)O[C@H](CO)C(C)(C)O. The lowest BCUT2D eigenvalue weighted by Crippen LogP contribution is -2.48. The van der Waals surface area contributed by atoms with Crippen LogP contribution in [0.5, 0.6) is 0 Å². The van der Waals surface area contributed by atoms with Gasteiger partial charge in [-0.2, -0.15) is 0 Å². The lowest BCUT2D eigenvalue weighted by atomic mass is 10.0. The first-order valence-corrected chi connectivity index (χ1v) is 4.88. The van der Waals surface area contributed by atoms with Gasteiger partial charge in [0.15, 0.2) is 6.10 Å². The van der Waals surface area contributed by atoms with E-state index >= 15 is 0 Å². The Morgan fingerprint density at radius 3 is 2.07 bits per heavy atom. The summed E-state index contributed by atoms with van der Waals surface area (Å²) >= 11 is 0. The number of carbonyl (C=O) groups excluding carboxylic acids is 1. The van der Waals surface area contributed by atoms with E-state index in [1.165, 1.54) is 13.8 Å². The number of hydrogen-bond donors (Lipinski definition) is 3. The van der Waals surface area contributed by atoms with Gasteiger partial charge >= 0.3 is 6.09 Å². The molecule has 5 heteroatoms. The minimum absolute atomic E-state index is 0.406. The average molecular weight is 219 g/mol. The summed E-state index contributed by atoms with van der Waals surface area (Å²) in [7, 11) is 0. The van der Waals surface area contributed by atoms with Crippen LogP contribution < -0.4 is 5.32 Å². The van der Waals surface area contributed by atoms with Crippen LogP contribution in [0.3, 0.4) is 0 Å². The van der Waals surface area contributed by atoms with Crippen LogP contribution in [0.2, 0.25) is 0 Å². The van der Waals surface area contributed by atoms with Crippen LogP contribution in [0, 0.1) is 0 Å². The number of carbonyl (C=O) groups is 1. The first-order chi connectivity index (χ1) is 6.56. The zero-order valence-electron chi connectivity index (χ0n) is 10.00. The van der Waals surface area contributed by atoms with E-state index < -0.39 is 29.9 Å². The third-order valence-electron chi connectivity index (χ3n) is 1.68. The van der Waals surface area contributed by atoms with Crippen LogP contribution >= 0.6 is 0 Å².